The first kappa shape index (κ1) is 20.4. The molecule has 3 nitrogen and oxygen atoms in total. The number of aliphatic hydroxyl groups excluding tert-OH is 1. The zero-order valence-corrected chi connectivity index (χ0v) is 16.9. The molecule has 0 fully saturated rings. The molecule has 1 aromatic rings. The summed E-state index contributed by atoms with van der Waals surface area (Å²) in [4.78, 5) is 12.6. The van der Waals surface area contributed by atoms with E-state index in [1.54, 1.807) is 0 Å². The Bertz CT molecular complexity index is 718. The van der Waals surface area contributed by atoms with E-state index in [2.05, 4.69) is 41.5 Å². The van der Waals surface area contributed by atoms with Crippen LogP contribution in [0.3, 0.4) is 0 Å². The number of aryl methyl sites for hydroxylation is 1. The van der Waals surface area contributed by atoms with Crippen molar-refractivity contribution in [1.82, 2.24) is 0 Å². The molecule has 0 heterocycles. The van der Waals surface area contributed by atoms with Gasteiger partial charge in [-0.05, 0) is 45.9 Å². The van der Waals surface area contributed by atoms with Crippen LogP contribution in [0, 0.1) is 0 Å². The highest BCUT2D eigenvalue weighted by Crippen LogP contribution is 2.40. The number of allylic oxidation sites excluding steroid dienone is 2. The third-order valence-electron chi connectivity index (χ3n) is 4.96. The first-order valence-electron chi connectivity index (χ1n) is 9.34. The SMILES string of the molecule is CC(C)(C)c1cc(CCC(=O)C2=C(CO)C=CC2)cc(C(C)(C)C)c1O. The molecule has 3 heteroatoms. The Labute approximate surface area is 157 Å². The van der Waals surface area contributed by atoms with Crippen LogP contribution < -0.4 is 0 Å². The van der Waals surface area contributed by atoms with Gasteiger partial charge in [-0.3, -0.25) is 4.79 Å². The average molecular weight is 357 g/mol. The highest BCUT2D eigenvalue weighted by molar-refractivity contribution is 5.97. The standard InChI is InChI=1S/C23H32O3/c1-22(2,3)18-12-15(13-19(21(18)26)23(4,5)6)10-11-20(25)17-9-7-8-16(17)14-24/h7-8,12-13,24,26H,9-11,14H2,1-6H3. The Kier molecular flexibility index (Phi) is 5.82. The second-order valence-corrected chi connectivity index (χ2v) is 9.23. The molecule has 2 N–H and O–H groups in total. The molecule has 0 spiro atoms. The third-order valence-corrected chi connectivity index (χ3v) is 4.96. The van der Waals surface area contributed by atoms with Gasteiger partial charge >= 0.3 is 0 Å². The zero-order valence-electron chi connectivity index (χ0n) is 16.9. The second-order valence-electron chi connectivity index (χ2n) is 9.23. The summed E-state index contributed by atoms with van der Waals surface area (Å²) in [6.07, 6.45) is 5.43. The molecule has 0 aliphatic heterocycles. The minimum atomic E-state index is -0.175. The van der Waals surface area contributed by atoms with Crippen LogP contribution >= 0.6 is 0 Å². The van der Waals surface area contributed by atoms with Crippen LogP contribution in [-0.4, -0.2) is 22.6 Å². The van der Waals surface area contributed by atoms with Crippen molar-refractivity contribution in [2.75, 3.05) is 6.61 Å². The quantitative estimate of drug-likeness (QED) is 0.801. The fourth-order valence-corrected chi connectivity index (χ4v) is 3.38. The number of carbonyl (C=O) groups is 1. The molecule has 26 heavy (non-hydrogen) atoms. The van der Waals surface area contributed by atoms with Crippen LogP contribution in [0.1, 0.15) is 71.1 Å². The number of Topliss-reactive ketones (excluding diaryl/α,β-unsaturated/α-hetero) is 1. The number of rotatable bonds is 5. The van der Waals surface area contributed by atoms with Gasteiger partial charge in [-0.15, -0.1) is 0 Å². The Morgan fingerprint density at radius 3 is 2.04 bits per heavy atom. The van der Waals surface area contributed by atoms with Gasteiger partial charge in [-0.25, -0.2) is 0 Å². The smallest absolute Gasteiger partial charge is 0.159 e. The van der Waals surface area contributed by atoms with E-state index < -0.39 is 0 Å². The summed E-state index contributed by atoms with van der Waals surface area (Å²) in [7, 11) is 0. The molecule has 142 valence electrons. The summed E-state index contributed by atoms with van der Waals surface area (Å²) in [5.41, 5.74) is 4.04. The Morgan fingerprint density at radius 2 is 1.58 bits per heavy atom. The zero-order chi connectivity index (χ0) is 19.7. The van der Waals surface area contributed by atoms with Crippen LogP contribution in [-0.2, 0) is 22.0 Å². The fourth-order valence-electron chi connectivity index (χ4n) is 3.38. The summed E-state index contributed by atoms with van der Waals surface area (Å²) in [6, 6.07) is 4.07. The van der Waals surface area contributed by atoms with E-state index in [1.165, 1.54) is 0 Å². The molecule has 0 unspecified atom stereocenters. The van der Waals surface area contributed by atoms with Gasteiger partial charge in [-0.2, -0.15) is 0 Å². The lowest BCUT2D eigenvalue weighted by molar-refractivity contribution is -0.115. The van der Waals surface area contributed by atoms with E-state index in [-0.39, 0.29) is 23.2 Å². The normalized spacial score (nSPS) is 15.0. The lowest BCUT2D eigenvalue weighted by atomic mass is 9.78. The van der Waals surface area contributed by atoms with Gasteiger partial charge in [0.2, 0.25) is 0 Å². The molecule has 2 rings (SSSR count). The van der Waals surface area contributed by atoms with Crippen molar-refractivity contribution in [2.45, 2.75) is 71.6 Å². The summed E-state index contributed by atoms with van der Waals surface area (Å²) in [5, 5.41) is 20.2. The molecular weight excluding hydrogens is 324 g/mol. The van der Waals surface area contributed by atoms with Crippen molar-refractivity contribution in [3.8, 4) is 5.75 Å². The minimum absolute atomic E-state index is 0.0842. The molecule has 1 aromatic carbocycles. The molecular formula is C23H32O3. The number of hydrogen-bond acceptors (Lipinski definition) is 3. The van der Waals surface area contributed by atoms with E-state index in [0.717, 1.165) is 27.8 Å². The highest BCUT2D eigenvalue weighted by Gasteiger charge is 2.26. The molecule has 0 saturated heterocycles. The van der Waals surface area contributed by atoms with E-state index >= 15 is 0 Å². The number of hydrogen-bond donors (Lipinski definition) is 2. The summed E-state index contributed by atoms with van der Waals surface area (Å²) >= 11 is 0. The maximum absolute atomic E-state index is 12.6. The predicted octanol–water partition coefficient (Wildman–Crippen LogP) is 4.74. The van der Waals surface area contributed by atoms with Crippen LogP contribution in [0.25, 0.3) is 0 Å². The largest absolute Gasteiger partial charge is 0.507 e. The van der Waals surface area contributed by atoms with Crippen LogP contribution in [0.5, 0.6) is 5.75 Å². The van der Waals surface area contributed by atoms with Gasteiger partial charge in [-0.1, -0.05) is 65.8 Å². The van der Waals surface area contributed by atoms with Crippen molar-refractivity contribution in [3.63, 3.8) is 0 Å². The fraction of sp³-hybridized carbons (Fsp3) is 0.522. The maximum atomic E-state index is 12.6. The topological polar surface area (TPSA) is 57.5 Å². The average Bonchev–Trinajstić information content (AvgIpc) is 2.99. The number of phenols is 1. The van der Waals surface area contributed by atoms with Gasteiger partial charge in [0.25, 0.3) is 0 Å². The molecule has 0 amide bonds. The molecule has 0 aromatic heterocycles. The molecule has 1 aliphatic rings. The molecule has 0 bridgehead atoms. The lowest BCUT2D eigenvalue weighted by Gasteiger charge is -2.28. The molecule has 1 aliphatic carbocycles. The van der Waals surface area contributed by atoms with E-state index in [9.17, 15) is 15.0 Å². The van der Waals surface area contributed by atoms with Gasteiger partial charge in [0.05, 0.1) is 6.61 Å². The number of phenolic OH excluding ortho intramolecular Hbond substituents is 1. The van der Waals surface area contributed by atoms with Gasteiger partial charge < -0.3 is 10.2 Å². The number of aliphatic hydroxyl groups is 1. The van der Waals surface area contributed by atoms with E-state index in [1.807, 2.05) is 24.3 Å². The molecule has 0 radical (unpaired) electrons. The van der Waals surface area contributed by atoms with Gasteiger partial charge in [0.15, 0.2) is 5.78 Å². The van der Waals surface area contributed by atoms with Crippen molar-refractivity contribution in [2.24, 2.45) is 0 Å². The van der Waals surface area contributed by atoms with Crippen molar-refractivity contribution in [1.29, 1.82) is 0 Å². The lowest BCUT2D eigenvalue weighted by Crippen LogP contribution is -2.18. The van der Waals surface area contributed by atoms with Crippen LogP contribution in [0.4, 0.5) is 0 Å². The van der Waals surface area contributed by atoms with Crippen molar-refractivity contribution in [3.05, 3.63) is 52.1 Å². The third kappa shape index (κ3) is 4.45. The Balaban J connectivity index is 2.31. The first-order valence-corrected chi connectivity index (χ1v) is 9.34. The van der Waals surface area contributed by atoms with Crippen molar-refractivity contribution < 1.29 is 15.0 Å². The number of benzene rings is 1. The van der Waals surface area contributed by atoms with Crippen LogP contribution in [0.2, 0.25) is 0 Å². The molecule has 0 atom stereocenters. The number of aromatic hydroxyl groups is 1. The summed E-state index contributed by atoms with van der Waals surface area (Å²) < 4.78 is 0. The van der Waals surface area contributed by atoms with Gasteiger partial charge in [0.1, 0.15) is 5.75 Å². The molecule has 0 saturated carbocycles. The summed E-state index contributed by atoms with van der Waals surface area (Å²) in [6.45, 7) is 12.5. The maximum Gasteiger partial charge on any atom is 0.159 e. The van der Waals surface area contributed by atoms with Gasteiger partial charge in [0, 0.05) is 12.0 Å². The predicted molar refractivity (Wildman–Crippen MR) is 107 cm³/mol. The number of ketones is 1. The minimum Gasteiger partial charge on any atom is -0.507 e. The summed E-state index contributed by atoms with van der Waals surface area (Å²) in [5.74, 6) is 0.465. The van der Waals surface area contributed by atoms with Crippen LogP contribution in [0.15, 0.2) is 35.4 Å². The Hall–Kier alpha value is -1.87. The second kappa shape index (κ2) is 7.40. The van der Waals surface area contributed by atoms with E-state index in [4.69, 9.17) is 0 Å². The van der Waals surface area contributed by atoms with Crippen molar-refractivity contribution >= 4 is 5.78 Å². The first-order chi connectivity index (χ1) is 11.9. The highest BCUT2D eigenvalue weighted by atomic mass is 16.3. The van der Waals surface area contributed by atoms with E-state index in [0.29, 0.717) is 25.0 Å². The number of carbonyl (C=O) groups excluding carboxylic acids is 1. The Morgan fingerprint density at radius 1 is 1.04 bits per heavy atom. The monoisotopic (exact) mass is 356 g/mol.